The Kier molecular flexibility index (Phi) is 5.65. The van der Waals surface area contributed by atoms with E-state index < -0.39 is 18.4 Å². The molecule has 2 aromatic rings. The molecule has 0 bridgehead atoms. The topological polar surface area (TPSA) is 80.3 Å². The minimum absolute atomic E-state index is 0.0533. The number of hydrogen-bond donors (Lipinski definition) is 0. The summed E-state index contributed by atoms with van der Waals surface area (Å²) in [6.45, 7) is 7.07. The van der Waals surface area contributed by atoms with Crippen molar-refractivity contribution in [3.05, 3.63) is 41.5 Å². The highest BCUT2D eigenvalue weighted by Crippen LogP contribution is 2.45. The van der Waals surface area contributed by atoms with E-state index in [2.05, 4.69) is 0 Å². The van der Waals surface area contributed by atoms with E-state index in [0.717, 1.165) is 5.56 Å². The van der Waals surface area contributed by atoms with Crippen LogP contribution in [0.5, 0.6) is 17.2 Å². The summed E-state index contributed by atoms with van der Waals surface area (Å²) >= 11 is 0. The van der Waals surface area contributed by atoms with Gasteiger partial charge < -0.3 is 23.7 Å². The summed E-state index contributed by atoms with van der Waals surface area (Å²) in [6.07, 6.45) is -0.272. The number of esters is 2. The van der Waals surface area contributed by atoms with E-state index in [1.807, 2.05) is 6.07 Å². The third kappa shape index (κ3) is 4.60. The minimum atomic E-state index is -1.64. The molecule has 2 aromatic carbocycles. The fourth-order valence-electron chi connectivity index (χ4n) is 3.17. The lowest BCUT2D eigenvalue weighted by molar-refractivity contribution is -0.159. The quantitative estimate of drug-likeness (QED) is 0.574. The molecule has 0 atom stereocenters. The van der Waals surface area contributed by atoms with Gasteiger partial charge >= 0.3 is 11.9 Å². The first-order chi connectivity index (χ1) is 15.5. The van der Waals surface area contributed by atoms with Crippen LogP contribution in [-0.4, -0.2) is 38.8 Å². The zero-order valence-corrected chi connectivity index (χ0v) is 18.3. The Bertz CT molecular complexity index is 1050. The Hall–Kier alpha value is -3.22. The molecule has 7 nitrogen and oxygen atoms in total. The summed E-state index contributed by atoms with van der Waals surface area (Å²) in [5.74, 6) is -0.222. The molecular weight excluding hydrogens is 400 g/mol. The van der Waals surface area contributed by atoms with Crippen molar-refractivity contribution in [2.45, 2.75) is 40.4 Å². The molecule has 3 rings (SSSR count). The smallest absolute Gasteiger partial charge is 0.338 e. The van der Waals surface area contributed by atoms with Gasteiger partial charge in [-0.1, -0.05) is 6.07 Å². The second kappa shape index (κ2) is 8.88. The fraction of sp³-hybridized carbons (Fsp3) is 0.417. The lowest BCUT2D eigenvalue weighted by atomic mass is 9.94. The van der Waals surface area contributed by atoms with Gasteiger partial charge in [0.25, 0.3) is 0 Å². The predicted octanol–water partition coefficient (Wildman–Crippen LogP) is 4.40. The molecule has 1 aliphatic heterocycles. The number of cyclic esters (lactones) is 1. The number of hydrogen-bond acceptors (Lipinski definition) is 7. The van der Waals surface area contributed by atoms with Crippen molar-refractivity contribution in [2.24, 2.45) is 5.41 Å². The molecule has 0 amide bonds. The lowest BCUT2D eigenvalue weighted by Crippen LogP contribution is -2.34. The monoisotopic (exact) mass is 430 g/mol. The largest absolute Gasteiger partial charge is 0.493 e. The van der Waals surface area contributed by atoms with Crippen molar-refractivity contribution in [3.63, 3.8) is 0 Å². The SMILES string of the molecule is [2H]C([2H])Oc1c(OC)ccc(-c2ccc3c(c2)COC3=O)c1OCC(C)(C)C(=O)OC(C)C. The van der Waals surface area contributed by atoms with E-state index in [4.69, 9.17) is 26.4 Å². The Morgan fingerprint density at radius 3 is 2.58 bits per heavy atom. The average Bonchev–Trinajstić information content (AvgIpc) is 3.11. The molecule has 0 aliphatic carbocycles. The standard InChI is InChI=1S/C24H28O7/c1-14(2)31-23(26)24(3,4)13-30-20-17(9-10-19(27-5)21(20)28-6)15-7-8-18-16(11-15)12-29-22(18)25/h7-11,14H,12-13H2,1-6H3/i6D2. The zero-order chi connectivity index (χ0) is 24.3. The molecule has 0 saturated heterocycles. The summed E-state index contributed by atoms with van der Waals surface area (Å²) in [6, 6.07) is 8.64. The maximum Gasteiger partial charge on any atom is 0.338 e. The van der Waals surface area contributed by atoms with Crippen molar-refractivity contribution in [1.29, 1.82) is 0 Å². The summed E-state index contributed by atoms with van der Waals surface area (Å²) in [5, 5.41) is 0. The molecule has 166 valence electrons. The number of methoxy groups -OCH3 is 2. The molecule has 0 aromatic heterocycles. The summed E-state index contributed by atoms with van der Waals surface area (Å²) in [7, 11) is -0.196. The number of carbonyl (C=O) groups excluding carboxylic acids is 2. The minimum Gasteiger partial charge on any atom is -0.493 e. The van der Waals surface area contributed by atoms with Gasteiger partial charge in [-0.3, -0.25) is 4.79 Å². The first kappa shape index (κ1) is 19.7. The molecule has 1 aliphatic rings. The normalized spacial score (nSPS) is 14.0. The van der Waals surface area contributed by atoms with Crippen molar-refractivity contribution < 1.29 is 36.0 Å². The van der Waals surface area contributed by atoms with Crippen LogP contribution in [0.2, 0.25) is 0 Å². The van der Waals surface area contributed by atoms with Crippen LogP contribution in [0, 0.1) is 5.41 Å². The summed E-state index contributed by atoms with van der Waals surface area (Å²) in [4.78, 5) is 24.4. The highest BCUT2D eigenvalue weighted by atomic mass is 16.6. The van der Waals surface area contributed by atoms with Gasteiger partial charge in [0.15, 0.2) is 11.5 Å². The number of rotatable bonds is 8. The lowest BCUT2D eigenvalue weighted by Gasteiger charge is -2.26. The Balaban J connectivity index is 2.05. The third-order valence-corrected chi connectivity index (χ3v) is 4.88. The van der Waals surface area contributed by atoms with Crippen molar-refractivity contribution >= 4 is 11.9 Å². The van der Waals surface area contributed by atoms with Gasteiger partial charge in [0.05, 0.1) is 34.0 Å². The van der Waals surface area contributed by atoms with Crippen molar-refractivity contribution in [3.8, 4) is 28.4 Å². The highest BCUT2D eigenvalue weighted by Gasteiger charge is 2.32. The molecule has 0 N–H and O–H groups in total. The number of benzene rings is 2. The van der Waals surface area contributed by atoms with Crippen molar-refractivity contribution in [1.82, 2.24) is 0 Å². The van der Waals surface area contributed by atoms with Crippen molar-refractivity contribution in [2.75, 3.05) is 20.8 Å². The van der Waals surface area contributed by atoms with E-state index in [1.165, 1.54) is 7.11 Å². The Morgan fingerprint density at radius 2 is 1.90 bits per heavy atom. The Morgan fingerprint density at radius 1 is 1.16 bits per heavy atom. The second-order valence-corrected chi connectivity index (χ2v) is 8.17. The average molecular weight is 430 g/mol. The van der Waals surface area contributed by atoms with E-state index in [1.54, 1.807) is 52.0 Å². The van der Waals surface area contributed by atoms with E-state index in [-0.39, 0.29) is 42.5 Å². The van der Waals surface area contributed by atoms with Crippen LogP contribution in [0.15, 0.2) is 30.3 Å². The van der Waals surface area contributed by atoms with Gasteiger partial charge in [-0.15, -0.1) is 0 Å². The van der Waals surface area contributed by atoms with Gasteiger partial charge in [0.1, 0.15) is 13.2 Å². The fourth-order valence-corrected chi connectivity index (χ4v) is 3.17. The molecule has 31 heavy (non-hydrogen) atoms. The maximum absolute atomic E-state index is 12.5. The molecule has 7 heteroatoms. The number of ether oxygens (including phenoxy) is 5. The summed E-state index contributed by atoms with van der Waals surface area (Å²) in [5.41, 5.74) is 1.55. The van der Waals surface area contributed by atoms with Gasteiger partial charge in [0, 0.05) is 11.1 Å². The van der Waals surface area contributed by atoms with Crippen LogP contribution in [-0.2, 0) is 20.9 Å². The third-order valence-electron chi connectivity index (χ3n) is 4.88. The predicted molar refractivity (Wildman–Crippen MR) is 115 cm³/mol. The summed E-state index contributed by atoms with van der Waals surface area (Å²) < 4.78 is 42.5. The van der Waals surface area contributed by atoms with Crippen LogP contribution < -0.4 is 14.2 Å². The maximum atomic E-state index is 12.5. The molecule has 0 unspecified atom stereocenters. The van der Waals surface area contributed by atoms with Gasteiger partial charge in [-0.2, -0.15) is 0 Å². The zero-order valence-electron chi connectivity index (χ0n) is 20.3. The first-order valence-electron chi connectivity index (χ1n) is 11.1. The molecule has 1 heterocycles. The Labute approximate surface area is 185 Å². The van der Waals surface area contributed by atoms with E-state index in [9.17, 15) is 9.59 Å². The molecule has 0 radical (unpaired) electrons. The van der Waals surface area contributed by atoms with Gasteiger partial charge in [-0.05, 0) is 57.5 Å². The number of fused-ring (bicyclic) bond motifs is 1. The second-order valence-electron chi connectivity index (χ2n) is 8.17. The van der Waals surface area contributed by atoms with E-state index >= 15 is 0 Å². The first-order valence-corrected chi connectivity index (χ1v) is 9.90. The van der Waals surface area contributed by atoms with E-state index in [0.29, 0.717) is 16.7 Å². The van der Waals surface area contributed by atoms with Crippen LogP contribution in [0.3, 0.4) is 0 Å². The van der Waals surface area contributed by atoms with Crippen LogP contribution in [0.1, 0.15) is 46.4 Å². The van der Waals surface area contributed by atoms with Gasteiger partial charge in [-0.25, -0.2) is 4.79 Å². The van der Waals surface area contributed by atoms with Crippen LogP contribution in [0.4, 0.5) is 0 Å². The van der Waals surface area contributed by atoms with Crippen LogP contribution in [0.25, 0.3) is 11.1 Å². The highest BCUT2D eigenvalue weighted by molar-refractivity contribution is 5.94. The van der Waals surface area contributed by atoms with Gasteiger partial charge in [0.2, 0.25) is 5.75 Å². The molecule has 0 spiro atoms. The molecular formula is C24H28O7. The van der Waals surface area contributed by atoms with Crippen LogP contribution >= 0.6 is 0 Å². The molecule has 0 fully saturated rings. The molecule has 0 saturated carbocycles. The number of carbonyl (C=O) groups is 2.